The largest absolute Gasteiger partial charge is 0.497 e. The van der Waals surface area contributed by atoms with Gasteiger partial charge in [-0.15, -0.1) is 0 Å². The van der Waals surface area contributed by atoms with E-state index in [0.717, 1.165) is 49.6 Å². The lowest BCUT2D eigenvalue weighted by atomic mass is 10.1. The molecule has 0 bridgehead atoms. The Morgan fingerprint density at radius 3 is 2.95 bits per heavy atom. The molecule has 1 amide bonds. The second-order valence-electron chi connectivity index (χ2n) is 5.67. The second-order valence-corrected chi connectivity index (χ2v) is 5.67. The van der Waals surface area contributed by atoms with E-state index < -0.39 is 0 Å². The molecule has 4 heteroatoms. The maximum Gasteiger partial charge on any atom is 0.246 e. The summed E-state index contributed by atoms with van der Waals surface area (Å²) in [5, 5.41) is 0. The lowest BCUT2D eigenvalue weighted by Crippen LogP contribution is -2.34. The fourth-order valence-corrected chi connectivity index (χ4v) is 2.64. The summed E-state index contributed by atoms with van der Waals surface area (Å²) in [4.78, 5) is 14.4. The fraction of sp³-hybridized carbons (Fsp3) is 0.500. The number of allylic oxidation sites excluding steroid dienone is 1. The van der Waals surface area contributed by atoms with Crippen LogP contribution in [0.15, 0.2) is 30.3 Å². The normalized spacial score (nSPS) is 18.3. The Morgan fingerprint density at radius 2 is 2.32 bits per heavy atom. The van der Waals surface area contributed by atoms with Gasteiger partial charge in [0.15, 0.2) is 0 Å². The zero-order chi connectivity index (χ0) is 15.9. The molecule has 1 heterocycles. The maximum atomic E-state index is 12.5. The van der Waals surface area contributed by atoms with Gasteiger partial charge >= 0.3 is 0 Å². The Balaban J connectivity index is 2.05. The second kappa shape index (κ2) is 7.99. The molecular formula is C18H25NO3. The van der Waals surface area contributed by atoms with E-state index in [-0.39, 0.29) is 5.91 Å². The molecule has 2 rings (SSSR count). The van der Waals surface area contributed by atoms with Gasteiger partial charge < -0.3 is 14.4 Å². The van der Waals surface area contributed by atoms with Crippen molar-refractivity contribution in [2.75, 3.05) is 33.4 Å². The molecule has 1 aliphatic rings. The van der Waals surface area contributed by atoms with Crippen LogP contribution < -0.4 is 4.74 Å². The van der Waals surface area contributed by atoms with E-state index in [9.17, 15) is 4.79 Å². The number of rotatable bonds is 6. The number of nitrogens with zero attached hydrogens (tertiary/aromatic N) is 1. The number of methoxy groups -OCH3 is 1. The van der Waals surface area contributed by atoms with Crippen LogP contribution >= 0.6 is 0 Å². The molecule has 0 spiro atoms. The van der Waals surface area contributed by atoms with Crippen LogP contribution in [0.25, 0.3) is 5.57 Å². The molecule has 1 aromatic rings. The van der Waals surface area contributed by atoms with Crippen LogP contribution in [0.4, 0.5) is 0 Å². The van der Waals surface area contributed by atoms with Gasteiger partial charge in [0.05, 0.1) is 13.7 Å². The van der Waals surface area contributed by atoms with Crippen molar-refractivity contribution in [1.82, 2.24) is 4.90 Å². The van der Waals surface area contributed by atoms with Crippen LogP contribution in [0.2, 0.25) is 0 Å². The van der Waals surface area contributed by atoms with Gasteiger partial charge in [0.2, 0.25) is 5.91 Å². The highest BCUT2D eigenvalue weighted by Crippen LogP contribution is 2.20. The molecule has 1 aromatic carbocycles. The van der Waals surface area contributed by atoms with E-state index in [2.05, 4.69) is 0 Å². The number of amides is 1. The average Bonchev–Trinajstić information content (AvgIpc) is 3.05. The third kappa shape index (κ3) is 4.34. The number of hydrogen-bond donors (Lipinski definition) is 0. The molecule has 22 heavy (non-hydrogen) atoms. The Bertz CT molecular complexity index is 533. The molecule has 0 aliphatic carbocycles. The molecule has 1 unspecified atom stereocenters. The van der Waals surface area contributed by atoms with E-state index >= 15 is 0 Å². The average molecular weight is 303 g/mol. The van der Waals surface area contributed by atoms with Crippen molar-refractivity contribution in [3.05, 3.63) is 35.9 Å². The van der Waals surface area contributed by atoms with Crippen LogP contribution in [-0.2, 0) is 9.53 Å². The Morgan fingerprint density at radius 1 is 1.50 bits per heavy atom. The first-order valence-electron chi connectivity index (χ1n) is 7.83. The third-order valence-electron chi connectivity index (χ3n) is 4.06. The molecule has 4 nitrogen and oxygen atoms in total. The maximum absolute atomic E-state index is 12.5. The van der Waals surface area contributed by atoms with Crippen LogP contribution in [0.3, 0.4) is 0 Å². The van der Waals surface area contributed by atoms with Gasteiger partial charge in [0.1, 0.15) is 5.75 Å². The van der Waals surface area contributed by atoms with Crippen molar-refractivity contribution in [3.63, 3.8) is 0 Å². The van der Waals surface area contributed by atoms with Crippen molar-refractivity contribution in [3.8, 4) is 5.75 Å². The van der Waals surface area contributed by atoms with Crippen LogP contribution in [0.1, 0.15) is 25.8 Å². The first-order chi connectivity index (χ1) is 10.6. The Kier molecular flexibility index (Phi) is 6.01. The molecule has 0 aromatic heterocycles. The zero-order valence-corrected chi connectivity index (χ0v) is 13.7. The summed E-state index contributed by atoms with van der Waals surface area (Å²) in [5.41, 5.74) is 1.96. The zero-order valence-electron chi connectivity index (χ0n) is 13.7. The highest BCUT2D eigenvalue weighted by molar-refractivity contribution is 5.94. The number of benzene rings is 1. The first kappa shape index (κ1) is 16.6. The van der Waals surface area contributed by atoms with Gasteiger partial charge in [-0.05, 0) is 43.5 Å². The van der Waals surface area contributed by atoms with Crippen molar-refractivity contribution >= 4 is 11.5 Å². The Labute approximate surface area is 132 Å². The van der Waals surface area contributed by atoms with Crippen LogP contribution in [0.5, 0.6) is 5.75 Å². The van der Waals surface area contributed by atoms with Crippen LogP contribution in [0, 0.1) is 5.92 Å². The van der Waals surface area contributed by atoms with Gasteiger partial charge in [0.25, 0.3) is 0 Å². The van der Waals surface area contributed by atoms with Gasteiger partial charge in [-0.2, -0.15) is 0 Å². The lowest BCUT2D eigenvalue weighted by Gasteiger charge is -2.22. The number of carbonyl (C=O) groups excluding carboxylic acids is 1. The lowest BCUT2D eigenvalue weighted by molar-refractivity contribution is -0.126. The van der Waals surface area contributed by atoms with Crippen LogP contribution in [-0.4, -0.2) is 44.2 Å². The summed E-state index contributed by atoms with van der Waals surface area (Å²) in [7, 11) is 1.64. The predicted molar refractivity (Wildman–Crippen MR) is 87.8 cm³/mol. The van der Waals surface area contributed by atoms with Gasteiger partial charge in [-0.3, -0.25) is 4.79 Å². The molecule has 1 saturated heterocycles. The monoisotopic (exact) mass is 303 g/mol. The topological polar surface area (TPSA) is 38.8 Å². The predicted octanol–water partition coefficient (Wildman–Crippen LogP) is 2.98. The molecule has 120 valence electrons. The summed E-state index contributed by atoms with van der Waals surface area (Å²) in [5.74, 6) is 1.33. The van der Waals surface area contributed by atoms with E-state index in [1.807, 2.05) is 43.0 Å². The Hall–Kier alpha value is -1.81. The van der Waals surface area contributed by atoms with Crippen molar-refractivity contribution in [2.24, 2.45) is 5.92 Å². The number of ether oxygens (including phenoxy) is 2. The minimum absolute atomic E-state index is 0.0646. The summed E-state index contributed by atoms with van der Waals surface area (Å²) in [6.45, 7) is 7.05. The number of carbonyl (C=O) groups is 1. The molecule has 0 radical (unpaired) electrons. The molecular weight excluding hydrogens is 278 g/mol. The van der Waals surface area contributed by atoms with Gasteiger partial charge in [-0.1, -0.05) is 12.1 Å². The quantitative estimate of drug-likeness (QED) is 0.758. The third-order valence-corrected chi connectivity index (χ3v) is 4.06. The van der Waals surface area contributed by atoms with Crippen molar-refractivity contribution in [2.45, 2.75) is 20.3 Å². The minimum Gasteiger partial charge on any atom is -0.497 e. The fourth-order valence-electron chi connectivity index (χ4n) is 2.64. The van der Waals surface area contributed by atoms with E-state index in [1.54, 1.807) is 13.2 Å². The number of likely N-dealkylation sites (N-methyl/N-ethyl adjacent to an activating group) is 1. The molecule has 0 N–H and O–H groups in total. The first-order valence-corrected chi connectivity index (χ1v) is 7.83. The van der Waals surface area contributed by atoms with E-state index in [0.29, 0.717) is 5.92 Å². The van der Waals surface area contributed by atoms with Crippen molar-refractivity contribution < 1.29 is 14.3 Å². The minimum atomic E-state index is 0.0646. The molecule has 1 atom stereocenters. The van der Waals surface area contributed by atoms with Crippen molar-refractivity contribution in [1.29, 1.82) is 0 Å². The number of hydrogen-bond acceptors (Lipinski definition) is 3. The standard InChI is InChI=1S/C18H25NO3/c1-4-19(12-15-8-9-22-13-15)18(20)10-14(2)16-6-5-7-17(11-16)21-3/h5-7,10-11,15H,4,8-9,12-13H2,1-3H3. The molecule has 1 fully saturated rings. The highest BCUT2D eigenvalue weighted by Gasteiger charge is 2.20. The SMILES string of the molecule is CCN(CC1CCOC1)C(=O)C=C(C)c1cccc(OC)c1. The summed E-state index contributed by atoms with van der Waals surface area (Å²) in [6.07, 6.45) is 2.76. The summed E-state index contributed by atoms with van der Waals surface area (Å²) >= 11 is 0. The summed E-state index contributed by atoms with van der Waals surface area (Å²) < 4.78 is 10.6. The van der Waals surface area contributed by atoms with E-state index in [4.69, 9.17) is 9.47 Å². The molecule has 0 saturated carbocycles. The van der Waals surface area contributed by atoms with E-state index in [1.165, 1.54) is 0 Å². The smallest absolute Gasteiger partial charge is 0.246 e. The highest BCUT2D eigenvalue weighted by atomic mass is 16.5. The summed E-state index contributed by atoms with van der Waals surface area (Å²) in [6, 6.07) is 7.77. The van der Waals surface area contributed by atoms with Gasteiger partial charge in [-0.25, -0.2) is 0 Å². The van der Waals surface area contributed by atoms with Gasteiger partial charge in [0, 0.05) is 31.7 Å². The molecule has 1 aliphatic heterocycles.